The second-order valence-electron chi connectivity index (χ2n) is 3.27. The summed E-state index contributed by atoms with van der Waals surface area (Å²) in [6.07, 6.45) is -1.84. The number of carbonyl (C=O) groups is 1. The van der Waals surface area contributed by atoms with E-state index in [1.165, 1.54) is 37.5 Å². The number of carbonyl (C=O) groups excluding carboxylic acids is 1. The van der Waals surface area contributed by atoms with Gasteiger partial charge in [0.25, 0.3) is 0 Å². The van der Waals surface area contributed by atoms with Gasteiger partial charge < -0.3 is 4.74 Å². The molecule has 0 heterocycles. The number of esters is 1. The molecular formula is C12H11F3O2. The summed E-state index contributed by atoms with van der Waals surface area (Å²) in [5.41, 5.74) is -0.690. The van der Waals surface area contributed by atoms with E-state index in [0.29, 0.717) is 0 Å². The summed E-state index contributed by atoms with van der Waals surface area (Å²) >= 11 is 0. The van der Waals surface area contributed by atoms with Crippen LogP contribution in [-0.2, 0) is 15.7 Å². The Kier molecular flexibility index (Phi) is 4.31. The molecule has 92 valence electrons. The fourth-order valence-corrected chi connectivity index (χ4v) is 1.27. The summed E-state index contributed by atoms with van der Waals surface area (Å²) in [4.78, 5) is 10.8. The van der Waals surface area contributed by atoms with E-state index < -0.39 is 17.7 Å². The molecule has 1 rings (SSSR count). The number of hydrogen-bond acceptors (Lipinski definition) is 2. The van der Waals surface area contributed by atoms with Crippen LogP contribution in [-0.4, -0.2) is 13.1 Å². The molecule has 17 heavy (non-hydrogen) atoms. The molecule has 0 aromatic heterocycles. The largest absolute Gasteiger partial charge is 0.469 e. The van der Waals surface area contributed by atoms with E-state index in [4.69, 9.17) is 0 Å². The molecule has 0 saturated carbocycles. The third-order valence-corrected chi connectivity index (χ3v) is 2.08. The van der Waals surface area contributed by atoms with Crippen LogP contribution in [0.2, 0.25) is 0 Å². The van der Waals surface area contributed by atoms with Gasteiger partial charge in [-0.2, -0.15) is 13.2 Å². The Labute approximate surface area is 96.7 Å². The molecule has 0 unspecified atom stereocenters. The Bertz CT molecular complexity index is 422. The predicted molar refractivity (Wildman–Crippen MR) is 57.1 cm³/mol. The van der Waals surface area contributed by atoms with E-state index in [9.17, 15) is 18.0 Å². The van der Waals surface area contributed by atoms with Gasteiger partial charge in [0.05, 0.1) is 19.1 Å². The van der Waals surface area contributed by atoms with Gasteiger partial charge in [0.2, 0.25) is 0 Å². The highest BCUT2D eigenvalue weighted by molar-refractivity contribution is 5.72. The van der Waals surface area contributed by atoms with Crippen molar-refractivity contribution in [3.8, 4) is 0 Å². The zero-order chi connectivity index (χ0) is 12.9. The molecular weight excluding hydrogens is 233 g/mol. The van der Waals surface area contributed by atoms with Gasteiger partial charge in [-0.05, 0) is 11.6 Å². The van der Waals surface area contributed by atoms with Crippen LogP contribution < -0.4 is 0 Å². The summed E-state index contributed by atoms with van der Waals surface area (Å²) in [5.74, 6) is -0.495. The van der Waals surface area contributed by atoms with Crippen LogP contribution in [0.25, 0.3) is 6.08 Å². The van der Waals surface area contributed by atoms with E-state index in [0.717, 1.165) is 6.07 Å². The maximum atomic E-state index is 12.6. The van der Waals surface area contributed by atoms with Crippen LogP contribution in [0.1, 0.15) is 17.5 Å². The van der Waals surface area contributed by atoms with Gasteiger partial charge in [0.1, 0.15) is 0 Å². The maximum Gasteiger partial charge on any atom is 0.416 e. The van der Waals surface area contributed by atoms with E-state index >= 15 is 0 Å². The van der Waals surface area contributed by atoms with Crippen LogP contribution in [0.4, 0.5) is 13.2 Å². The lowest BCUT2D eigenvalue weighted by atomic mass is 10.1. The number of benzene rings is 1. The molecule has 0 radical (unpaired) electrons. The summed E-state index contributed by atoms with van der Waals surface area (Å²) in [5, 5.41) is 0. The second-order valence-corrected chi connectivity index (χ2v) is 3.27. The van der Waals surface area contributed by atoms with E-state index in [1.54, 1.807) is 0 Å². The quantitative estimate of drug-likeness (QED) is 0.763. The van der Waals surface area contributed by atoms with E-state index in [1.807, 2.05) is 0 Å². The van der Waals surface area contributed by atoms with Crippen molar-refractivity contribution in [2.24, 2.45) is 0 Å². The molecule has 0 N–H and O–H groups in total. The summed E-state index contributed by atoms with van der Waals surface area (Å²) in [6, 6.07) is 5.17. The minimum Gasteiger partial charge on any atom is -0.469 e. The Balaban J connectivity index is 2.88. The van der Waals surface area contributed by atoms with Gasteiger partial charge in [-0.3, -0.25) is 4.79 Å². The minimum atomic E-state index is -4.40. The highest BCUT2D eigenvalue weighted by atomic mass is 19.4. The summed E-state index contributed by atoms with van der Waals surface area (Å²) in [6.45, 7) is 0. The highest BCUT2D eigenvalue weighted by Gasteiger charge is 2.32. The van der Waals surface area contributed by atoms with Crippen molar-refractivity contribution in [2.45, 2.75) is 12.6 Å². The van der Waals surface area contributed by atoms with Crippen molar-refractivity contribution in [2.75, 3.05) is 7.11 Å². The van der Waals surface area contributed by atoms with Crippen molar-refractivity contribution >= 4 is 12.0 Å². The zero-order valence-corrected chi connectivity index (χ0v) is 9.12. The van der Waals surface area contributed by atoms with Crippen molar-refractivity contribution in [3.63, 3.8) is 0 Å². The predicted octanol–water partition coefficient (Wildman–Crippen LogP) is 3.28. The molecule has 0 spiro atoms. The number of methoxy groups -OCH3 is 1. The molecule has 0 atom stereocenters. The van der Waals surface area contributed by atoms with Gasteiger partial charge in [0.15, 0.2) is 0 Å². The third kappa shape index (κ3) is 3.94. The highest BCUT2D eigenvalue weighted by Crippen LogP contribution is 2.32. The number of rotatable bonds is 3. The molecule has 0 aliphatic carbocycles. The first-order valence-corrected chi connectivity index (χ1v) is 4.84. The molecule has 2 nitrogen and oxygen atoms in total. The molecule has 1 aromatic carbocycles. The minimum absolute atomic E-state index is 0.0314. The van der Waals surface area contributed by atoms with E-state index in [-0.39, 0.29) is 12.0 Å². The van der Waals surface area contributed by atoms with Crippen molar-refractivity contribution in [1.29, 1.82) is 0 Å². The van der Waals surface area contributed by atoms with Crippen LogP contribution >= 0.6 is 0 Å². The molecule has 0 saturated heterocycles. The molecule has 0 fully saturated rings. The number of halogens is 3. The van der Waals surface area contributed by atoms with Gasteiger partial charge in [-0.15, -0.1) is 0 Å². The SMILES string of the molecule is COC(=O)CC=Cc1ccccc1C(F)(F)F. The number of ether oxygens (including phenoxy) is 1. The Hall–Kier alpha value is -1.78. The van der Waals surface area contributed by atoms with Crippen molar-refractivity contribution < 1.29 is 22.7 Å². The average molecular weight is 244 g/mol. The van der Waals surface area contributed by atoms with Crippen molar-refractivity contribution in [1.82, 2.24) is 0 Å². The lowest BCUT2D eigenvalue weighted by Crippen LogP contribution is -2.06. The van der Waals surface area contributed by atoms with Crippen LogP contribution in [0.15, 0.2) is 30.3 Å². The molecule has 5 heteroatoms. The van der Waals surface area contributed by atoms with Crippen LogP contribution in [0.5, 0.6) is 0 Å². The molecule has 1 aromatic rings. The third-order valence-electron chi connectivity index (χ3n) is 2.08. The standard InChI is InChI=1S/C12H11F3O2/c1-17-11(16)8-4-6-9-5-2-3-7-10(9)12(13,14)15/h2-7H,8H2,1H3. The Morgan fingerprint density at radius 1 is 1.35 bits per heavy atom. The van der Waals surface area contributed by atoms with Gasteiger partial charge in [-0.25, -0.2) is 0 Å². The normalized spacial score (nSPS) is 11.8. The Morgan fingerprint density at radius 3 is 2.59 bits per heavy atom. The van der Waals surface area contributed by atoms with Gasteiger partial charge >= 0.3 is 12.1 Å². The first-order valence-electron chi connectivity index (χ1n) is 4.84. The summed E-state index contributed by atoms with van der Waals surface area (Å²) in [7, 11) is 1.22. The Morgan fingerprint density at radius 2 is 2.00 bits per heavy atom. The van der Waals surface area contributed by atoms with E-state index in [2.05, 4.69) is 4.74 Å². The lowest BCUT2D eigenvalue weighted by Gasteiger charge is -2.09. The number of hydrogen-bond donors (Lipinski definition) is 0. The molecule has 0 aliphatic rings. The van der Waals surface area contributed by atoms with Crippen LogP contribution in [0.3, 0.4) is 0 Å². The summed E-state index contributed by atoms with van der Waals surface area (Å²) < 4.78 is 42.1. The topological polar surface area (TPSA) is 26.3 Å². The van der Waals surface area contributed by atoms with Gasteiger partial charge in [-0.1, -0.05) is 30.4 Å². The molecule has 0 aliphatic heterocycles. The molecule has 0 amide bonds. The monoisotopic (exact) mass is 244 g/mol. The first-order chi connectivity index (χ1) is 7.95. The first kappa shape index (κ1) is 13.3. The van der Waals surface area contributed by atoms with Crippen LogP contribution in [0, 0.1) is 0 Å². The second kappa shape index (κ2) is 5.52. The average Bonchev–Trinajstić information content (AvgIpc) is 2.28. The number of alkyl halides is 3. The maximum absolute atomic E-state index is 12.6. The smallest absolute Gasteiger partial charge is 0.416 e. The van der Waals surface area contributed by atoms with Gasteiger partial charge in [0, 0.05) is 0 Å². The fraction of sp³-hybridized carbons (Fsp3) is 0.250. The fourth-order valence-electron chi connectivity index (χ4n) is 1.27. The van der Waals surface area contributed by atoms with Crippen molar-refractivity contribution in [3.05, 3.63) is 41.5 Å². The molecule has 0 bridgehead atoms. The zero-order valence-electron chi connectivity index (χ0n) is 9.12. The lowest BCUT2D eigenvalue weighted by molar-refractivity contribution is -0.139.